The highest BCUT2D eigenvalue weighted by Crippen LogP contribution is 2.23. The van der Waals surface area contributed by atoms with E-state index in [1.165, 1.54) is 48.1 Å². The van der Waals surface area contributed by atoms with Crippen molar-refractivity contribution >= 4 is 17.2 Å². The average molecular weight is 358 g/mol. The lowest BCUT2D eigenvalue weighted by Crippen LogP contribution is -2.87. The molecule has 1 aromatic heterocycles. The van der Waals surface area contributed by atoms with Crippen LogP contribution in [0.4, 0.5) is 0 Å². The summed E-state index contributed by atoms with van der Waals surface area (Å²) in [5.74, 6) is 0.835. The number of hydrogen-bond acceptors (Lipinski definition) is 2. The SMILES string of the molecule is Cc1ccc([C@@H]([NH2+]CC(=O)NCC2CCCCC2)c2cccs2)cc1. The van der Waals surface area contributed by atoms with Crippen molar-refractivity contribution in [1.82, 2.24) is 5.32 Å². The second-order valence-corrected chi connectivity index (χ2v) is 8.13. The molecule has 0 bridgehead atoms. The van der Waals surface area contributed by atoms with Crippen LogP contribution in [0.1, 0.15) is 54.1 Å². The number of rotatable bonds is 7. The molecule has 1 atom stereocenters. The van der Waals surface area contributed by atoms with Gasteiger partial charge in [-0.05, 0) is 37.1 Å². The van der Waals surface area contributed by atoms with Gasteiger partial charge in [-0.15, -0.1) is 11.3 Å². The van der Waals surface area contributed by atoms with Gasteiger partial charge in [0, 0.05) is 12.1 Å². The zero-order valence-corrected chi connectivity index (χ0v) is 15.9. The first-order valence-electron chi connectivity index (χ1n) is 9.42. The highest BCUT2D eigenvalue weighted by molar-refractivity contribution is 7.10. The third-order valence-electron chi connectivity index (χ3n) is 5.14. The van der Waals surface area contributed by atoms with Crippen molar-refractivity contribution in [2.45, 2.75) is 45.1 Å². The zero-order chi connectivity index (χ0) is 17.5. The summed E-state index contributed by atoms with van der Waals surface area (Å²) in [6.45, 7) is 3.43. The van der Waals surface area contributed by atoms with E-state index in [4.69, 9.17) is 0 Å². The number of quaternary nitrogens is 1. The quantitative estimate of drug-likeness (QED) is 0.784. The van der Waals surface area contributed by atoms with E-state index in [0.717, 1.165) is 6.54 Å². The fourth-order valence-corrected chi connectivity index (χ4v) is 4.46. The largest absolute Gasteiger partial charge is 0.351 e. The summed E-state index contributed by atoms with van der Waals surface area (Å²) in [5.41, 5.74) is 2.52. The molecular weight excluding hydrogens is 328 g/mol. The Labute approximate surface area is 154 Å². The van der Waals surface area contributed by atoms with E-state index in [9.17, 15) is 4.79 Å². The smallest absolute Gasteiger partial charge is 0.275 e. The van der Waals surface area contributed by atoms with Gasteiger partial charge in [0.15, 0.2) is 6.54 Å². The predicted molar refractivity (Wildman–Crippen MR) is 104 cm³/mol. The molecule has 0 aliphatic heterocycles. The molecule has 0 spiro atoms. The lowest BCUT2D eigenvalue weighted by molar-refractivity contribution is -0.676. The monoisotopic (exact) mass is 357 g/mol. The Hall–Kier alpha value is -1.65. The lowest BCUT2D eigenvalue weighted by Gasteiger charge is -2.21. The van der Waals surface area contributed by atoms with Gasteiger partial charge in [-0.25, -0.2) is 0 Å². The van der Waals surface area contributed by atoms with Crippen LogP contribution < -0.4 is 10.6 Å². The van der Waals surface area contributed by atoms with E-state index < -0.39 is 0 Å². The molecule has 1 aromatic carbocycles. The number of nitrogens with two attached hydrogens (primary N) is 1. The van der Waals surface area contributed by atoms with Crippen LogP contribution in [0.15, 0.2) is 41.8 Å². The summed E-state index contributed by atoms with van der Waals surface area (Å²) in [6.07, 6.45) is 6.54. The van der Waals surface area contributed by atoms with Gasteiger partial charge in [0.1, 0.15) is 6.04 Å². The minimum atomic E-state index is 0.152. The molecule has 25 heavy (non-hydrogen) atoms. The molecule has 1 heterocycles. The fourth-order valence-electron chi connectivity index (χ4n) is 3.61. The lowest BCUT2D eigenvalue weighted by atomic mass is 9.89. The predicted octanol–water partition coefficient (Wildman–Crippen LogP) is 3.41. The molecule has 0 saturated heterocycles. The fraction of sp³-hybridized carbons (Fsp3) is 0.476. The van der Waals surface area contributed by atoms with Crippen molar-refractivity contribution in [1.29, 1.82) is 0 Å². The molecule has 134 valence electrons. The van der Waals surface area contributed by atoms with Gasteiger partial charge in [-0.2, -0.15) is 0 Å². The molecular formula is C21H29N2OS+. The summed E-state index contributed by atoms with van der Waals surface area (Å²) in [5, 5.41) is 7.41. The van der Waals surface area contributed by atoms with Crippen molar-refractivity contribution in [3.05, 3.63) is 57.8 Å². The van der Waals surface area contributed by atoms with Crippen LogP contribution in [0, 0.1) is 12.8 Å². The molecule has 1 aliphatic rings. The topological polar surface area (TPSA) is 45.7 Å². The van der Waals surface area contributed by atoms with Gasteiger partial charge in [0.05, 0.1) is 4.88 Å². The molecule has 0 unspecified atom stereocenters. The van der Waals surface area contributed by atoms with Crippen LogP contribution in [-0.4, -0.2) is 19.0 Å². The first kappa shape index (κ1) is 18.2. The van der Waals surface area contributed by atoms with Crippen molar-refractivity contribution in [3.8, 4) is 0 Å². The van der Waals surface area contributed by atoms with Crippen molar-refractivity contribution in [3.63, 3.8) is 0 Å². The second-order valence-electron chi connectivity index (χ2n) is 7.15. The first-order valence-corrected chi connectivity index (χ1v) is 10.3. The van der Waals surface area contributed by atoms with Crippen LogP contribution >= 0.6 is 11.3 Å². The van der Waals surface area contributed by atoms with Gasteiger partial charge in [0.2, 0.25) is 0 Å². The van der Waals surface area contributed by atoms with E-state index in [2.05, 4.69) is 59.3 Å². The Bertz CT molecular complexity index is 645. The molecule has 3 rings (SSSR count). The average Bonchev–Trinajstić information content (AvgIpc) is 3.17. The standard InChI is InChI=1S/C21H28N2OS/c1-16-9-11-18(12-10-16)21(19-8-5-13-25-19)23-15-20(24)22-14-17-6-3-2-4-7-17/h5,8-13,17,21,23H,2-4,6-7,14-15H2,1H3,(H,22,24)/p+1/t21-/m1/s1. The van der Waals surface area contributed by atoms with E-state index in [1.54, 1.807) is 11.3 Å². The summed E-state index contributed by atoms with van der Waals surface area (Å²) in [7, 11) is 0. The molecule has 4 heteroatoms. The molecule has 1 saturated carbocycles. The number of hydrogen-bond donors (Lipinski definition) is 2. The number of carbonyl (C=O) groups excluding carboxylic acids is 1. The third-order valence-corrected chi connectivity index (χ3v) is 6.09. The Morgan fingerprint density at radius 1 is 1.20 bits per heavy atom. The molecule has 1 fully saturated rings. The van der Waals surface area contributed by atoms with Crippen molar-refractivity contribution in [2.24, 2.45) is 5.92 Å². The Kier molecular flexibility index (Phi) is 6.65. The Morgan fingerprint density at radius 3 is 2.64 bits per heavy atom. The highest BCUT2D eigenvalue weighted by atomic mass is 32.1. The molecule has 3 nitrogen and oxygen atoms in total. The maximum Gasteiger partial charge on any atom is 0.275 e. The normalized spacial score (nSPS) is 16.5. The molecule has 2 aromatic rings. The molecule has 1 amide bonds. The van der Waals surface area contributed by atoms with Crippen molar-refractivity contribution in [2.75, 3.05) is 13.1 Å². The minimum absolute atomic E-state index is 0.152. The van der Waals surface area contributed by atoms with Crippen LogP contribution in [-0.2, 0) is 4.79 Å². The van der Waals surface area contributed by atoms with Crippen LogP contribution in [0.3, 0.4) is 0 Å². The van der Waals surface area contributed by atoms with Gasteiger partial charge in [-0.3, -0.25) is 4.79 Å². The number of aryl methyl sites for hydroxylation is 1. The number of thiophene rings is 1. The third kappa shape index (κ3) is 5.41. The number of nitrogens with one attached hydrogen (secondary N) is 1. The number of amides is 1. The molecule has 3 N–H and O–H groups in total. The number of carbonyl (C=O) groups is 1. The molecule has 0 radical (unpaired) electrons. The van der Waals surface area contributed by atoms with Gasteiger partial charge in [-0.1, -0.05) is 55.2 Å². The zero-order valence-electron chi connectivity index (χ0n) is 15.0. The van der Waals surface area contributed by atoms with E-state index in [0.29, 0.717) is 12.5 Å². The van der Waals surface area contributed by atoms with Crippen LogP contribution in [0.5, 0.6) is 0 Å². The summed E-state index contributed by atoms with van der Waals surface area (Å²) >= 11 is 1.75. The summed E-state index contributed by atoms with van der Waals surface area (Å²) in [4.78, 5) is 13.6. The van der Waals surface area contributed by atoms with Gasteiger partial charge >= 0.3 is 0 Å². The van der Waals surface area contributed by atoms with E-state index in [1.807, 2.05) is 0 Å². The van der Waals surface area contributed by atoms with Crippen LogP contribution in [0.2, 0.25) is 0 Å². The summed E-state index contributed by atoms with van der Waals surface area (Å²) in [6, 6.07) is 13.1. The second kappa shape index (κ2) is 9.16. The maximum atomic E-state index is 12.3. The Balaban J connectivity index is 1.55. The van der Waals surface area contributed by atoms with Gasteiger partial charge in [0.25, 0.3) is 5.91 Å². The van der Waals surface area contributed by atoms with E-state index >= 15 is 0 Å². The van der Waals surface area contributed by atoms with Crippen LogP contribution in [0.25, 0.3) is 0 Å². The minimum Gasteiger partial charge on any atom is -0.351 e. The maximum absolute atomic E-state index is 12.3. The summed E-state index contributed by atoms with van der Waals surface area (Å²) < 4.78 is 0. The van der Waals surface area contributed by atoms with Gasteiger partial charge < -0.3 is 10.6 Å². The Morgan fingerprint density at radius 2 is 1.96 bits per heavy atom. The first-order chi connectivity index (χ1) is 12.2. The van der Waals surface area contributed by atoms with E-state index in [-0.39, 0.29) is 11.9 Å². The highest BCUT2D eigenvalue weighted by Gasteiger charge is 2.20. The van der Waals surface area contributed by atoms with Crippen molar-refractivity contribution < 1.29 is 10.1 Å². The number of benzene rings is 1. The molecule has 1 aliphatic carbocycles.